The molecule has 1 nitrogen and oxygen atoms in total. The van der Waals surface area contributed by atoms with E-state index in [-0.39, 0.29) is 22.9 Å². The fourth-order valence-electron chi connectivity index (χ4n) is 5.26. The van der Waals surface area contributed by atoms with Crippen molar-refractivity contribution in [3.8, 4) is 39.8 Å². The average molecular weight is 575 g/mol. The standard InChI is InChI=1S/C39H33F3O/c1-3-5-28-13-20-35(37(40)22-28)31-15-8-26(9-16-31)6-7-29-14-21-36(38(41)23-29)32-17-10-27(11-18-32)12-19-34-30(4-2)24-33(43)25-39(34)42/h8-11,13-18,20-25,43H,3-7H2,1-2H3. The summed E-state index contributed by atoms with van der Waals surface area (Å²) in [5.74, 6) is 4.67. The van der Waals surface area contributed by atoms with Gasteiger partial charge in [-0.2, -0.15) is 0 Å². The summed E-state index contributed by atoms with van der Waals surface area (Å²) in [5.41, 5.74) is 7.27. The van der Waals surface area contributed by atoms with Gasteiger partial charge in [-0.1, -0.05) is 92.8 Å². The average Bonchev–Trinajstić information content (AvgIpc) is 3.00. The molecule has 1 N–H and O–H groups in total. The maximum absolute atomic E-state index is 15.1. The number of hydrogen-bond acceptors (Lipinski definition) is 1. The van der Waals surface area contributed by atoms with Gasteiger partial charge in [0.05, 0.1) is 5.56 Å². The van der Waals surface area contributed by atoms with E-state index < -0.39 is 5.82 Å². The minimum absolute atomic E-state index is 0.117. The molecule has 5 aromatic carbocycles. The highest BCUT2D eigenvalue weighted by Gasteiger charge is 2.10. The molecule has 0 aliphatic rings. The van der Waals surface area contributed by atoms with Gasteiger partial charge < -0.3 is 5.11 Å². The van der Waals surface area contributed by atoms with Crippen molar-refractivity contribution >= 4 is 0 Å². The molecule has 0 aliphatic carbocycles. The molecule has 0 amide bonds. The number of rotatable bonds is 8. The molecule has 0 saturated heterocycles. The zero-order valence-corrected chi connectivity index (χ0v) is 24.4. The fourth-order valence-corrected chi connectivity index (χ4v) is 5.26. The molecular weight excluding hydrogens is 541 g/mol. The van der Waals surface area contributed by atoms with Crippen molar-refractivity contribution in [2.45, 2.75) is 46.0 Å². The predicted octanol–water partition coefficient (Wildman–Crippen LogP) is 9.84. The lowest BCUT2D eigenvalue weighted by atomic mass is 9.97. The van der Waals surface area contributed by atoms with E-state index in [0.717, 1.165) is 53.1 Å². The van der Waals surface area contributed by atoms with E-state index in [0.29, 0.717) is 35.1 Å². The minimum atomic E-state index is -0.552. The Bertz CT molecular complexity index is 1790. The summed E-state index contributed by atoms with van der Waals surface area (Å²) in [6.45, 7) is 3.96. The van der Waals surface area contributed by atoms with Crippen LogP contribution < -0.4 is 0 Å². The number of aryl methyl sites for hydroxylation is 4. The molecule has 5 rings (SSSR count). The van der Waals surface area contributed by atoms with Crippen LogP contribution in [-0.4, -0.2) is 5.11 Å². The van der Waals surface area contributed by atoms with Crippen LogP contribution in [-0.2, 0) is 25.7 Å². The summed E-state index contributed by atoms with van der Waals surface area (Å²) < 4.78 is 44.1. The predicted molar refractivity (Wildman–Crippen MR) is 168 cm³/mol. The Balaban J connectivity index is 1.23. The highest BCUT2D eigenvalue weighted by Crippen LogP contribution is 2.27. The second-order valence-corrected chi connectivity index (χ2v) is 10.7. The van der Waals surface area contributed by atoms with Gasteiger partial charge in [0.2, 0.25) is 0 Å². The highest BCUT2D eigenvalue weighted by molar-refractivity contribution is 5.66. The van der Waals surface area contributed by atoms with E-state index in [2.05, 4.69) is 18.8 Å². The lowest BCUT2D eigenvalue weighted by Gasteiger charge is -2.09. The van der Waals surface area contributed by atoms with Crippen molar-refractivity contribution in [1.82, 2.24) is 0 Å². The number of phenolic OH excluding ortho intramolecular Hbond substituents is 1. The van der Waals surface area contributed by atoms with Crippen molar-refractivity contribution in [2.24, 2.45) is 0 Å². The third-order valence-corrected chi connectivity index (χ3v) is 7.64. The third kappa shape index (κ3) is 7.19. The minimum Gasteiger partial charge on any atom is -0.508 e. The van der Waals surface area contributed by atoms with Gasteiger partial charge >= 0.3 is 0 Å². The van der Waals surface area contributed by atoms with E-state index in [1.54, 1.807) is 42.5 Å². The topological polar surface area (TPSA) is 20.2 Å². The fraction of sp³-hybridized carbons (Fsp3) is 0.179. The Morgan fingerprint density at radius 2 is 1.09 bits per heavy atom. The lowest BCUT2D eigenvalue weighted by molar-refractivity contribution is 0.468. The SMILES string of the molecule is CCCc1ccc(-c2ccc(CCc3ccc(-c4ccc(C#Cc5c(F)cc(O)cc5CC)cc4)c(F)c3)cc2)c(F)c1. The smallest absolute Gasteiger partial charge is 0.142 e. The van der Waals surface area contributed by atoms with Crippen molar-refractivity contribution in [3.05, 3.63) is 148 Å². The molecule has 5 aromatic rings. The van der Waals surface area contributed by atoms with Crippen molar-refractivity contribution in [1.29, 1.82) is 0 Å². The second-order valence-electron chi connectivity index (χ2n) is 10.7. The molecule has 0 heterocycles. The monoisotopic (exact) mass is 574 g/mol. The first-order valence-corrected chi connectivity index (χ1v) is 14.6. The molecule has 0 fully saturated rings. The molecule has 0 radical (unpaired) electrons. The van der Waals surface area contributed by atoms with Crippen LogP contribution in [0.25, 0.3) is 22.3 Å². The maximum atomic E-state index is 15.1. The van der Waals surface area contributed by atoms with Crippen molar-refractivity contribution < 1.29 is 18.3 Å². The maximum Gasteiger partial charge on any atom is 0.142 e. The first kappa shape index (κ1) is 29.7. The molecule has 4 heteroatoms. The Kier molecular flexibility index (Phi) is 9.32. The van der Waals surface area contributed by atoms with Crippen LogP contribution in [0.1, 0.15) is 53.6 Å². The molecule has 0 aromatic heterocycles. The van der Waals surface area contributed by atoms with Gasteiger partial charge in [-0.15, -0.1) is 0 Å². The number of hydrogen-bond donors (Lipinski definition) is 1. The van der Waals surface area contributed by atoms with Gasteiger partial charge in [0.1, 0.15) is 23.2 Å². The van der Waals surface area contributed by atoms with E-state index >= 15 is 4.39 Å². The lowest BCUT2D eigenvalue weighted by Crippen LogP contribution is -1.94. The molecular formula is C39H33F3O. The van der Waals surface area contributed by atoms with Crippen LogP contribution in [0.2, 0.25) is 0 Å². The Morgan fingerprint density at radius 3 is 1.65 bits per heavy atom. The summed E-state index contributed by atoms with van der Waals surface area (Å²) >= 11 is 0. The van der Waals surface area contributed by atoms with Crippen molar-refractivity contribution in [3.63, 3.8) is 0 Å². The van der Waals surface area contributed by atoms with Crippen LogP contribution in [0.15, 0.2) is 97.1 Å². The molecule has 0 unspecified atom stereocenters. The Hall–Kier alpha value is -4.75. The first-order valence-electron chi connectivity index (χ1n) is 14.6. The molecule has 216 valence electrons. The van der Waals surface area contributed by atoms with E-state index in [9.17, 15) is 13.9 Å². The van der Waals surface area contributed by atoms with E-state index in [1.165, 1.54) is 6.07 Å². The van der Waals surface area contributed by atoms with Gasteiger partial charge in [0.15, 0.2) is 0 Å². The Morgan fingerprint density at radius 1 is 0.558 bits per heavy atom. The summed E-state index contributed by atoms with van der Waals surface area (Å²) in [4.78, 5) is 0. The summed E-state index contributed by atoms with van der Waals surface area (Å²) in [5, 5.41) is 9.64. The van der Waals surface area contributed by atoms with Crippen LogP contribution >= 0.6 is 0 Å². The summed E-state index contributed by atoms with van der Waals surface area (Å²) in [7, 11) is 0. The molecule has 0 bridgehead atoms. The number of benzene rings is 5. The molecule has 0 atom stereocenters. The van der Waals surface area contributed by atoms with Gasteiger partial charge in [0, 0.05) is 22.8 Å². The van der Waals surface area contributed by atoms with Gasteiger partial charge in [-0.25, -0.2) is 13.2 Å². The molecule has 43 heavy (non-hydrogen) atoms. The zero-order valence-electron chi connectivity index (χ0n) is 24.4. The first-order chi connectivity index (χ1) is 20.8. The second kappa shape index (κ2) is 13.5. The van der Waals surface area contributed by atoms with E-state index in [4.69, 9.17) is 0 Å². The highest BCUT2D eigenvalue weighted by atomic mass is 19.1. The number of phenols is 1. The van der Waals surface area contributed by atoms with Crippen molar-refractivity contribution in [2.75, 3.05) is 0 Å². The summed E-state index contributed by atoms with van der Waals surface area (Å²) in [6.07, 6.45) is 3.82. The van der Waals surface area contributed by atoms with Crippen LogP contribution in [0.5, 0.6) is 5.75 Å². The molecule has 0 spiro atoms. The van der Waals surface area contributed by atoms with E-state index in [1.807, 2.05) is 49.4 Å². The van der Waals surface area contributed by atoms with Gasteiger partial charge in [0.25, 0.3) is 0 Å². The number of halogens is 3. The molecule has 0 aliphatic heterocycles. The van der Waals surface area contributed by atoms with Crippen LogP contribution in [0, 0.1) is 29.3 Å². The van der Waals surface area contributed by atoms with Gasteiger partial charge in [-0.05, 0) is 89.4 Å². The number of aromatic hydroxyl groups is 1. The van der Waals surface area contributed by atoms with Crippen LogP contribution in [0.3, 0.4) is 0 Å². The Labute approximate surface area is 251 Å². The van der Waals surface area contributed by atoms with Crippen LogP contribution in [0.4, 0.5) is 13.2 Å². The summed E-state index contributed by atoms with van der Waals surface area (Å²) in [6, 6.07) is 28.4. The van der Waals surface area contributed by atoms with Gasteiger partial charge in [-0.3, -0.25) is 0 Å². The largest absolute Gasteiger partial charge is 0.508 e. The zero-order chi connectivity index (χ0) is 30.3. The third-order valence-electron chi connectivity index (χ3n) is 7.64. The molecule has 0 saturated carbocycles. The quantitative estimate of drug-likeness (QED) is 0.183. The normalized spacial score (nSPS) is 10.8.